The molecular weight excluding hydrogens is 244 g/mol. The molecule has 0 saturated heterocycles. The highest BCUT2D eigenvalue weighted by Gasteiger charge is 2.12. The van der Waals surface area contributed by atoms with Crippen LogP contribution in [-0.4, -0.2) is 27.0 Å². The molecule has 0 heterocycles. The molecule has 3 N–H and O–H groups in total. The van der Waals surface area contributed by atoms with Gasteiger partial charge in [0.1, 0.15) is 0 Å². The number of sulfonamides is 1. The molecule has 6 heteroatoms. The first-order valence-corrected chi connectivity index (χ1v) is 7.75. The van der Waals surface area contributed by atoms with Crippen LogP contribution in [0.25, 0.3) is 0 Å². The molecule has 0 saturated carbocycles. The van der Waals surface area contributed by atoms with E-state index in [4.69, 9.17) is 5.73 Å². The average Bonchev–Trinajstić information content (AvgIpc) is 2.29. The maximum Gasteiger partial charge on any atom is 0.240 e. The van der Waals surface area contributed by atoms with Crippen molar-refractivity contribution < 1.29 is 8.42 Å². The first kappa shape index (κ1) is 13.5. The van der Waals surface area contributed by atoms with Crippen LogP contribution in [0.3, 0.4) is 0 Å². The van der Waals surface area contributed by atoms with Gasteiger partial charge in [0.15, 0.2) is 0 Å². The lowest BCUT2D eigenvalue weighted by molar-refractivity contribution is 0.584. The van der Waals surface area contributed by atoms with Gasteiger partial charge in [-0.15, -0.1) is 0 Å². The van der Waals surface area contributed by atoms with E-state index in [2.05, 4.69) is 4.72 Å². The number of rotatable bonds is 6. The van der Waals surface area contributed by atoms with E-state index < -0.39 is 10.0 Å². The van der Waals surface area contributed by atoms with Crippen LogP contribution < -0.4 is 10.5 Å². The zero-order valence-electron chi connectivity index (χ0n) is 9.14. The molecular formula is C10H16N2O2S2. The third-order valence-electron chi connectivity index (χ3n) is 2.07. The SMILES string of the molecule is CSCCNS(=O)(=O)c1ccc(CN)cc1. The Bertz CT molecular complexity index is 415. The fraction of sp³-hybridized carbons (Fsp3) is 0.400. The first-order chi connectivity index (χ1) is 7.60. The summed E-state index contributed by atoms with van der Waals surface area (Å²) in [5.41, 5.74) is 6.36. The standard InChI is InChI=1S/C10H16N2O2S2/c1-15-7-6-12-16(13,14)10-4-2-9(8-11)3-5-10/h2-5,12H,6-8,11H2,1H3. The van der Waals surface area contributed by atoms with E-state index in [0.717, 1.165) is 11.3 Å². The highest BCUT2D eigenvalue weighted by atomic mass is 32.2. The minimum absolute atomic E-state index is 0.283. The highest BCUT2D eigenvalue weighted by molar-refractivity contribution is 7.98. The Morgan fingerprint density at radius 1 is 1.31 bits per heavy atom. The molecule has 0 atom stereocenters. The molecule has 0 aliphatic heterocycles. The molecule has 0 aliphatic rings. The lowest BCUT2D eigenvalue weighted by atomic mass is 10.2. The van der Waals surface area contributed by atoms with Gasteiger partial charge in [0.05, 0.1) is 4.90 Å². The Morgan fingerprint density at radius 3 is 2.44 bits per heavy atom. The summed E-state index contributed by atoms with van der Waals surface area (Å²) in [6.45, 7) is 0.863. The lowest BCUT2D eigenvalue weighted by Gasteiger charge is -2.06. The number of hydrogen-bond acceptors (Lipinski definition) is 4. The molecule has 0 aliphatic carbocycles. The molecule has 0 bridgehead atoms. The largest absolute Gasteiger partial charge is 0.326 e. The molecule has 0 fully saturated rings. The summed E-state index contributed by atoms with van der Waals surface area (Å²) < 4.78 is 26.0. The van der Waals surface area contributed by atoms with Crippen molar-refractivity contribution in [3.8, 4) is 0 Å². The second kappa shape index (κ2) is 6.24. The summed E-state index contributed by atoms with van der Waals surface area (Å²) in [5, 5.41) is 0. The van der Waals surface area contributed by atoms with Crippen molar-refractivity contribution in [3.63, 3.8) is 0 Å². The molecule has 1 aromatic rings. The van der Waals surface area contributed by atoms with Gasteiger partial charge in [-0.25, -0.2) is 13.1 Å². The minimum Gasteiger partial charge on any atom is -0.326 e. The normalized spacial score (nSPS) is 11.6. The summed E-state index contributed by atoms with van der Waals surface area (Å²) in [5.74, 6) is 0.764. The van der Waals surface area contributed by atoms with Crippen LogP contribution in [0.5, 0.6) is 0 Å². The Kier molecular flexibility index (Phi) is 5.27. The van der Waals surface area contributed by atoms with Gasteiger partial charge in [-0.2, -0.15) is 11.8 Å². The van der Waals surface area contributed by atoms with Gasteiger partial charge in [0.25, 0.3) is 0 Å². The van der Waals surface area contributed by atoms with Crippen LogP contribution in [0.4, 0.5) is 0 Å². The van der Waals surface area contributed by atoms with Crippen molar-refractivity contribution in [1.82, 2.24) is 4.72 Å². The summed E-state index contributed by atoms with van der Waals surface area (Å²) in [6.07, 6.45) is 1.93. The zero-order chi connectivity index (χ0) is 12.0. The van der Waals surface area contributed by atoms with Gasteiger partial charge in [0.2, 0.25) is 10.0 Å². The van der Waals surface area contributed by atoms with Gasteiger partial charge in [0, 0.05) is 18.8 Å². The maximum atomic E-state index is 11.8. The van der Waals surface area contributed by atoms with Crippen molar-refractivity contribution in [2.75, 3.05) is 18.6 Å². The van der Waals surface area contributed by atoms with E-state index in [1.807, 2.05) is 6.26 Å². The maximum absolute atomic E-state index is 11.8. The highest BCUT2D eigenvalue weighted by Crippen LogP contribution is 2.10. The topological polar surface area (TPSA) is 72.2 Å². The molecule has 1 rings (SSSR count). The Balaban J connectivity index is 2.74. The van der Waals surface area contributed by atoms with Crippen molar-refractivity contribution in [3.05, 3.63) is 29.8 Å². The van der Waals surface area contributed by atoms with E-state index in [9.17, 15) is 8.42 Å². The minimum atomic E-state index is -3.36. The van der Waals surface area contributed by atoms with Gasteiger partial charge >= 0.3 is 0 Å². The molecule has 90 valence electrons. The van der Waals surface area contributed by atoms with Crippen LogP contribution in [0, 0.1) is 0 Å². The summed E-state index contributed by atoms with van der Waals surface area (Å²) in [7, 11) is -3.36. The molecule has 0 amide bonds. The van der Waals surface area contributed by atoms with Crippen molar-refractivity contribution in [2.45, 2.75) is 11.4 Å². The van der Waals surface area contributed by atoms with Crippen LogP contribution in [0.2, 0.25) is 0 Å². The predicted octanol–water partition coefficient (Wildman–Crippen LogP) is 0.787. The zero-order valence-corrected chi connectivity index (χ0v) is 10.8. The fourth-order valence-electron chi connectivity index (χ4n) is 1.17. The van der Waals surface area contributed by atoms with Gasteiger partial charge in [-0.1, -0.05) is 12.1 Å². The van der Waals surface area contributed by atoms with Crippen LogP contribution in [0.15, 0.2) is 29.2 Å². The van der Waals surface area contributed by atoms with Crippen molar-refractivity contribution in [2.24, 2.45) is 5.73 Å². The second-order valence-corrected chi connectivity index (χ2v) is 5.99. The number of benzene rings is 1. The van der Waals surface area contributed by atoms with Crippen LogP contribution >= 0.6 is 11.8 Å². The predicted molar refractivity (Wildman–Crippen MR) is 67.9 cm³/mol. The summed E-state index contributed by atoms with van der Waals surface area (Å²) in [6, 6.07) is 6.60. The van der Waals surface area contributed by atoms with Gasteiger partial charge in [-0.3, -0.25) is 0 Å². The van der Waals surface area contributed by atoms with E-state index in [1.54, 1.807) is 36.0 Å². The quantitative estimate of drug-likeness (QED) is 0.742. The second-order valence-electron chi connectivity index (χ2n) is 3.24. The Morgan fingerprint density at radius 2 is 1.94 bits per heavy atom. The summed E-state index contributed by atoms with van der Waals surface area (Å²) >= 11 is 1.60. The number of nitrogens with two attached hydrogens (primary N) is 1. The van der Waals surface area contributed by atoms with Crippen molar-refractivity contribution in [1.29, 1.82) is 0 Å². The van der Waals surface area contributed by atoms with E-state index in [1.165, 1.54) is 0 Å². The summed E-state index contributed by atoms with van der Waals surface area (Å²) in [4.78, 5) is 0.283. The molecule has 0 radical (unpaired) electrons. The smallest absolute Gasteiger partial charge is 0.240 e. The molecule has 1 aromatic carbocycles. The van der Waals surface area contributed by atoms with E-state index in [-0.39, 0.29) is 4.90 Å². The van der Waals surface area contributed by atoms with Gasteiger partial charge in [-0.05, 0) is 24.0 Å². The average molecular weight is 260 g/mol. The molecule has 4 nitrogen and oxygen atoms in total. The Labute approximate surface area is 101 Å². The van der Waals surface area contributed by atoms with Crippen LogP contribution in [-0.2, 0) is 16.6 Å². The number of thioether (sulfide) groups is 1. The fourth-order valence-corrected chi connectivity index (χ4v) is 2.63. The number of nitrogens with one attached hydrogen (secondary N) is 1. The van der Waals surface area contributed by atoms with Crippen LogP contribution in [0.1, 0.15) is 5.56 Å². The first-order valence-electron chi connectivity index (χ1n) is 4.88. The molecule has 16 heavy (non-hydrogen) atoms. The third kappa shape index (κ3) is 3.79. The molecule has 0 aromatic heterocycles. The van der Waals surface area contributed by atoms with E-state index in [0.29, 0.717) is 13.1 Å². The Hall–Kier alpha value is -0.560. The molecule has 0 unspecified atom stereocenters. The monoisotopic (exact) mass is 260 g/mol. The van der Waals surface area contributed by atoms with E-state index >= 15 is 0 Å². The van der Waals surface area contributed by atoms with Crippen molar-refractivity contribution >= 4 is 21.8 Å². The van der Waals surface area contributed by atoms with Gasteiger partial charge < -0.3 is 5.73 Å². The lowest BCUT2D eigenvalue weighted by Crippen LogP contribution is -2.25. The molecule has 0 spiro atoms. The third-order valence-corrected chi connectivity index (χ3v) is 4.16. The number of hydrogen-bond donors (Lipinski definition) is 2.